The van der Waals surface area contributed by atoms with E-state index in [0.717, 1.165) is 40.5 Å². The molecule has 1 heterocycles. The molecule has 8 heteroatoms. The topological polar surface area (TPSA) is 69.7 Å². The summed E-state index contributed by atoms with van der Waals surface area (Å²) in [5.74, 6) is -0.102. The van der Waals surface area contributed by atoms with Crippen molar-refractivity contribution in [1.82, 2.24) is 9.21 Å². The van der Waals surface area contributed by atoms with Crippen molar-refractivity contribution in [3.05, 3.63) is 57.6 Å². The number of sulfonamides is 1. The van der Waals surface area contributed by atoms with Crippen LogP contribution >= 0.6 is 15.9 Å². The average molecular weight is 492 g/mol. The second-order valence-corrected chi connectivity index (χ2v) is 10.8. The number of hydrogen-bond donors (Lipinski definition) is 1. The lowest BCUT2D eigenvalue weighted by Gasteiger charge is -2.33. The van der Waals surface area contributed by atoms with E-state index in [4.69, 9.17) is 0 Å². The number of rotatable bonds is 5. The Bertz CT molecular complexity index is 1060. The highest BCUT2D eigenvalue weighted by Gasteiger charge is 2.30. The first-order valence-electron chi connectivity index (χ1n) is 10.2. The Balaban J connectivity index is 1.33. The number of aryl methyl sites for hydroxylation is 3. The summed E-state index contributed by atoms with van der Waals surface area (Å²) < 4.78 is 28.5. The molecule has 0 radical (unpaired) electrons. The highest BCUT2D eigenvalue weighted by Crippen LogP contribution is 2.27. The zero-order chi connectivity index (χ0) is 21.3. The second-order valence-electron chi connectivity index (χ2n) is 8.00. The molecule has 4 rings (SSSR count). The van der Waals surface area contributed by atoms with Crippen LogP contribution in [0.25, 0.3) is 0 Å². The van der Waals surface area contributed by atoms with Gasteiger partial charge in [0.2, 0.25) is 15.9 Å². The highest BCUT2D eigenvalue weighted by molar-refractivity contribution is 9.10. The van der Waals surface area contributed by atoms with E-state index in [1.165, 1.54) is 9.87 Å². The molecule has 30 heavy (non-hydrogen) atoms. The zero-order valence-corrected chi connectivity index (χ0v) is 19.4. The number of hydrogen-bond acceptors (Lipinski definition) is 4. The van der Waals surface area contributed by atoms with Crippen LogP contribution in [-0.4, -0.2) is 56.3 Å². The molecule has 1 fully saturated rings. The third kappa shape index (κ3) is 4.61. The molecule has 160 valence electrons. The Morgan fingerprint density at radius 3 is 2.50 bits per heavy atom. The SMILES string of the molecule is Cc1ccc(NC(=O)CN2CCN(S(=O)(=O)c3ccc4c(c3)CCC4)CC2)c(Br)c1. The lowest BCUT2D eigenvalue weighted by atomic mass is 10.1. The first kappa shape index (κ1) is 21.5. The first-order valence-corrected chi connectivity index (χ1v) is 12.5. The van der Waals surface area contributed by atoms with Crippen molar-refractivity contribution in [2.24, 2.45) is 0 Å². The maximum atomic E-state index is 13.0. The van der Waals surface area contributed by atoms with E-state index >= 15 is 0 Å². The summed E-state index contributed by atoms with van der Waals surface area (Å²) in [4.78, 5) is 14.8. The Labute approximate surface area is 186 Å². The first-order chi connectivity index (χ1) is 14.3. The summed E-state index contributed by atoms with van der Waals surface area (Å²) in [5.41, 5.74) is 4.28. The zero-order valence-electron chi connectivity index (χ0n) is 17.0. The molecule has 1 N–H and O–H groups in total. The van der Waals surface area contributed by atoms with Gasteiger partial charge in [-0.15, -0.1) is 0 Å². The van der Waals surface area contributed by atoms with Crippen molar-refractivity contribution in [1.29, 1.82) is 0 Å². The van der Waals surface area contributed by atoms with E-state index in [-0.39, 0.29) is 12.5 Å². The fraction of sp³-hybridized carbons (Fsp3) is 0.409. The van der Waals surface area contributed by atoms with E-state index in [9.17, 15) is 13.2 Å². The molecular weight excluding hydrogens is 466 g/mol. The lowest BCUT2D eigenvalue weighted by Crippen LogP contribution is -2.50. The normalized spacial score (nSPS) is 17.7. The van der Waals surface area contributed by atoms with Crippen LogP contribution in [0.5, 0.6) is 0 Å². The number of piperazine rings is 1. The Hall–Kier alpha value is -1.74. The molecule has 1 aliphatic carbocycles. The Morgan fingerprint density at radius 2 is 1.77 bits per heavy atom. The standard InChI is InChI=1S/C22H26BrN3O3S/c1-16-5-8-21(20(23)13-16)24-22(27)15-25-9-11-26(12-10-25)30(28,29)19-7-6-17-3-2-4-18(17)14-19/h5-8,13-14H,2-4,9-12,15H2,1H3,(H,24,27). The van der Waals surface area contributed by atoms with Crippen LogP contribution in [0.15, 0.2) is 45.8 Å². The number of fused-ring (bicyclic) bond motifs is 1. The minimum absolute atomic E-state index is 0.102. The largest absolute Gasteiger partial charge is 0.324 e. The van der Waals surface area contributed by atoms with Gasteiger partial charge in [-0.1, -0.05) is 12.1 Å². The monoisotopic (exact) mass is 491 g/mol. The molecule has 6 nitrogen and oxygen atoms in total. The molecule has 0 saturated carbocycles. The summed E-state index contributed by atoms with van der Waals surface area (Å²) in [5, 5.41) is 2.92. The molecule has 2 aliphatic rings. The van der Waals surface area contributed by atoms with Crippen LogP contribution in [0.1, 0.15) is 23.1 Å². The Kier molecular flexibility index (Phi) is 6.29. The minimum atomic E-state index is -3.49. The number of carbonyl (C=O) groups is 1. The summed E-state index contributed by atoms with van der Waals surface area (Å²) in [7, 11) is -3.49. The van der Waals surface area contributed by atoms with Crippen molar-refractivity contribution in [2.45, 2.75) is 31.1 Å². The number of benzene rings is 2. The number of halogens is 1. The van der Waals surface area contributed by atoms with E-state index in [1.54, 1.807) is 6.07 Å². The summed E-state index contributed by atoms with van der Waals surface area (Å²) >= 11 is 3.47. The smallest absolute Gasteiger partial charge is 0.243 e. The number of nitrogens with one attached hydrogen (secondary N) is 1. The van der Waals surface area contributed by atoms with Crippen LogP contribution in [0.4, 0.5) is 5.69 Å². The van der Waals surface area contributed by atoms with Gasteiger partial charge >= 0.3 is 0 Å². The van der Waals surface area contributed by atoms with Gasteiger partial charge in [0, 0.05) is 30.7 Å². The quantitative estimate of drug-likeness (QED) is 0.696. The van der Waals surface area contributed by atoms with Gasteiger partial charge in [-0.25, -0.2) is 8.42 Å². The van der Waals surface area contributed by atoms with E-state index < -0.39 is 10.0 Å². The van der Waals surface area contributed by atoms with Crippen LogP contribution in [0, 0.1) is 6.92 Å². The van der Waals surface area contributed by atoms with Gasteiger partial charge in [0.05, 0.1) is 17.1 Å². The van der Waals surface area contributed by atoms with Crippen molar-refractivity contribution in [3.63, 3.8) is 0 Å². The molecular formula is C22H26BrN3O3S. The van der Waals surface area contributed by atoms with Gasteiger partial charge in [-0.3, -0.25) is 9.69 Å². The maximum Gasteiger partial charge on any atom is 0.243 e. The fourth-order valence-corrected chi connectivity index (χ4v) is 6.17. The van der Waals surface area contributed by atoms with Crippen LogP contribution in [0.2, 0.25) is 0 Å². The van der Waals surface area contributed by atoms with Gasteiger partial charge in [-0.2, -0.15) is 4.31 Å². The molecule has 0 bridgehead atoms. The molecule has 0 spiro atoms. The number of carbonyl (C=O) groups excluding carboxylic acids is 1. The van der Waals surface area contributed by atoms with Crippen LogP contribution < -0.4 is 5.32 Å². The number of anilines is 1. The van der Waals surface area contributed by atoms with Gasteiger partial charge in [0.25, 0.3) is 0 Å². The van der Waals surface area contributed by atoms with Crippen LogP contribution in [-0.2, 0) is 27.7 Å². The molecule has 1 aliphatic heterocycles. The molecule has 1 amide bonds. The van der Waals surface area contributed by atoms with Gasteiger partial charge < -0.3 is 5.32 Å². The van der Waals surface area contributed by atoms with E-state index in [1.807, 2.05) is 42.2 Å². The van der Waals surface area contributed by atoms with Crippen molar-refractivity contribution in [3.8, 4) is 0 Å². The minimum Gasteiger partial charge on any atom is -0.324 e. The van der Waals surface area contributed by atoms with Crippen LogP contribution in [0.3, 0.4) is 0 Å². The van der Waals surface area contributed by atoms with Gasteiger partial charge in [-0.05, 0) is 83.1 Å². The predicted molar refractivity (Wildman–Crippen MR) is 121 cm³/mol. The molecule has 0 atom stereocenters. The molecule has 1 saturated heterocycles. The second kappa shape index (κ2) is 8.78. The molecule has 0 unspecified atom stereocenters. The molecule has 2 aromatic rings. The maximum absolute atomic E-state index is 13.0. The van der Waals surface area contributed by atoms with Crippen molar-refractivity contribution in [2.75, 3.05) is 38.0 Å². The average Bonchev–Trinajstić information content (AvgIpc) is 3.18. The van der Waals surface area contributed by atoms with Gasteiger partial charge in [0.15, 0.2) is 0 Å². The highest BCUT2D eigenvalue weighted by atomic mass is 79.9. The Morgan fingerprint density at radius 1 is 1.03 bits per heavy atom. The number of amides is 1. The molecule has 2 aromatic carbocycles. The lowest BCUT2D eigenvalue weighted by molar-refractivity contribution is -0.117. The molecule has 0 aromatic heterocycles. The number of nitrogens with zero attached hydrogens (tertiary/aromatic N) is 2. The van der Waals surface area contributed by atoms with E-state index in [2.05, 4.69) is 21.2 Å². The van der Waals surface area contributed by atoms with Crippen molar-refractivity contribution >= 4 is 37.5 Å². The van der Waals surface area contributed by atoms with Gasteiger partial charge in [0.1, 0.15) is 0 Å². The fourth-order valence-electron chi connectivity index (χ4n) is 4.10. The van der Waals surface area contributed by atoms with Crippen molar-refractivity contribution < 1.29 is 13.2 Å². The third-order valence-corrected chi connectivity index (χ3v) is 8.36. The summed E-state index contributed by atoms with van der Waals surface area (Å²) in [6.07, 6.45) is 3.09. The third-order valence-electron chi connectivity index (χ3n) is 5.80. The predicted octanol–water partition coefficient (Wildman–Crippen LogP) is 3.19. The van der Waals surface area contributed by atoms with E-state index in [0.29, 0.717) is 31.1 Å². The summed E-state index contributed by atoms with van der Waals surface area (Å²) in [6.45, 7) is 4.08. The summed E-state index contributed by atoms with van der Waals surface area (Å²) in [6, 6.07) is 11.3.